The molecule has 35 heavy (non-hydrogen) atoms. The summed E-state index contributed by atoms with van der Waals surface area (Å²) in [6, 6.07) is 11.9. The second-order valence-electron chi connectivity index (χ2n) is 8.96. The average Bonchev–Trinajstić information content (AvgIpc) is 3.33. The fraction of sp³-hybridized carbons (Fsp3) is 0.385. The zero-order valence-corrected chi connectivity index (χ0v) is 19.8. The highest BCUT2D eigenvalue weighted by molar-refractivity contribution is 5.95. The Balaban J connectivity index is 1.57. The van der Waals surface area contributed by atoms with Crippen LogP contribution in [-0.2, 0) is 6.18 Å². The van der Waals surface area contributed by atoms with Crippen LogP contribution in [0.1, 0.15) is 46.9 Å². The molecule has 1 unspecified atom stereocenters. The van der Waals surface area contributed by atoms with E-state index in [0.717, 1.165) is 43.6 Å². The molecule has 1 saturated heterocycles. The number of ether oxygens (including phenoxy) is 1. The van der Waals surface area contributed by atoms with Crippen molar-refractivity contribution in [2.75, 3.05) is 33.8 Å². The minimum absolute atomic E-state index is 0.110. The molecule has 1 fully saturated rings. The first kappa shape index (κ1) is 24.8. The van der Waals surface area contributed by atoms with E-state index in [-0.39, 0.29) is 11.9 Å². The maximum Gasteiger partial charge on any atom is 0.416 e. The van der Waals surface area contributed by atoms with Gasteiger partial charge in [0, 0.05) is 24.2 Å². The van der Waals surface area contributed by atoms with Crippen molar-refractivity contribution in [3.8, 4) is 16.9 Å². The summed E-state index contributed by atoms with van der Waals surface area (Å²) in [5, 5.41) is 7.17. The van der Waals surface area contributed by atoms with E-state index < -0.39 is 11.7 Å². The fourth-order valence-corrected chi connectivity index (χ4v) is 4.32. The van der Waals surface area contributed by atoms with Crippen LogP contribution in [0.4, 0.5) is 13.2 Å². The standard InChI is InChI=1S/C26H29F3N4O2/c1-32(2)14-15-35-21-7-5-6-19(16-21)25(34)33-13-4-3-8-23(33)24-22(17-30-31-24)18-9-11-20(12-10-18)26(27,28)29/h5-7,9-12,16-17,23H,3-4,8,13-15H2,1-2H3,(H,30,31). The molecule has 3 aromatic rings. The number of nitrogens with zero attached hydrogens (tertiary/aromatic N) is 3. The molecule has 0 saturated carbocycles. The van der Waals surface area contributed by atoms with Gasteiger partial charge < -0.3 is 14.5 Å². The van der Waals surface area contributed by atoms with E-state index in [1.807, 2.05) is 30.0 Å². The van der Waals surface area contributed by atoms with E-state index >= 15 is 0 Å². The van der Waals surface area contributed by atoms with Crippen molar-refractivity contribution in [2.45, 2.75) is 31.5 Å². The number of carbonyl (C=O) groups is 1. The molecule has 0 radical (unpaired) electrons. The Labute approximate surface area is 202 Å². The minimum atomic E-state index is -4.39. The lowest BCUT2D eigenvalue weighted by atomic mass is 9.93. The number of hydrogen-bond acceptors (Lipinski definition) is 4. The molecule has 1 aliphatic rings. The zero-order chi connectivity index (χ0) is 25.0. The smallest absolute Gasteiger partial charge is 0.416 e. The predicted molar refractivity (Wildman–Crippen MR) is 127 cm³/mol. The summed E-state index contributed by atoms with van der Waals surface area (Å²) in [4.78, 5) is 17.4. The number of benzene rings is 2. The number of amides is 1. The van der Waals surface area contributed by atoms with Crippen molar-refractivity contribution in [3.05, 3.63) is 71.5 Å². The monoisotopic (exact) mass is 486 g/mol. The number of nitrogens with one attached hydrogen (secondary N) is 1. The topological polar surface area (TPSA) is 61.5 Å². The molecule has 1 aliphatic heterocycles. The summed E-state index contributed by atoms with van der Waals surface area (Å²) in [6.07, 6.45) is -0.233. The van der Waals surface area contributed by atoms with Gasteiger partial charge in [0.25, 0.3) is 5.91 Å². The van der Waals surface area contributed by atoms with E-state index in [1.165, 1.54) is 12.1 Å². The molecule has 6 nitrogen and oxygen atoms in total. The number of rotatable bonds is 7. The van der Waals surface area contributed by atoms with E-state index in [2.05, 4.69) is 10.2 Å². The van der Waals surface area contributed by atoms with Gasteiger partial charge in [-0.1, -0.05) is 18.2 Å². The molecule has 186 valence electrons. The van der Waals surface area contributed by atoms with Gasteiger partial charge in [-0.3, -0.25) is 9.89 Å². The number of H-pyrrole nitrogens is 1. The van der Waals surface area contributed by atoms with Gasteiger partial charge in [-0.25, -0.2) is 0 Å². The van der Waals surface area contributed by atoms with Crippen LogP contribution < -0.4 is 4.74 Å². The molecule has 2 heterocycles. The van der Waals surface area contributed by atoms with Gasteiger partial charge in [0.05, 0.1) is 23.5 Å². The average molecular weight is 487 g/mol. The van der Waals surface area contributed by atoms with Crippen LogP contribution in [0.5, 0.6) is 5.75 Å². The van der Waals surface area contributed by atoms with Crippen LogP contribution in [-0.4, -0.2) is 59.7 Å². The number of aromatic nitrogens is 2. The largest absolute Gasteiger partial charge is 0.492 e. The van der Waals surface area contributed by atoms with Crippen molar-refractivity contribution in [3.63, 3.8) is 0 Å². The first-order valence-corrected chi connectivity index (χ1v) is 11.6. The number of likely N-dealkylation sites (N-methyl/N-ethyl adjacent to an activating group) is 1. The third-order valence-electron chi connectivity index (χ3n) is 6.18. The second kappa shape index (κ2) is 10.5. The van der Waals surface area contributed by atoms with Gasteiger partial charge >= 0.3 is 6.18 Å². The number of alkyl halides is 3. The number of halogens is 3. The molecule has 2 aromatic carbocycles. The van der Waals surface area contributed by atoms with Crippen LogP contribution >= 0.6 is 0 Å². The fourth-order valence-electron chi connectivity index (χ4n) is 4.32. The summed E-state index contributed by atoms with van der Waals surface area (Å²) in [7, 11) is 3.93. The Morgan fingerprint density at radius 2 is 1.94 bits per heavy atom. The highest BCUT2D eigenvalue weighted by Gasteiger charge is 2.33. The molecule has 0 aliphatic carbocycles. The predicted octanol–water partition coefficient (Wildman–Crippen LogP) is 5.40. The quantitative estimate of drug-likeness (QED) is 0.486. The first-order valence-electron chi connectivity index (χ1n) is 11.6. The van der Waals surface area contributed by atoms with Crippen molar-refractivity contribution in [1.82, 2.24) is 20.0 Å². The molecule has 0 bridgehead atoms. The summed E-state index contributed by atoms with van der Waals surface area (Å²) in [5.41, 5.74) is 1.89. The van der Waals surface area contributed by atoms with Gasteiger partial charge in [-0.05, 0) is 69.3 Å². The van der Waals surface area contributed by atoms with E-state index in [0.29, 0.717) is 35.6 Å². The highest BCUT2D eigenvalue weighted by atomic mass is 19.4. The van der Waals surface area contributed by atoms with E-state index in [1.54, 1.807) is 24.4 Å². The van der Waals surface area contributed by atoms with Crippen LogP contribution in [0.3, 0.4) is 0 Å². The van der Waals surface area contributed by atoms with Crippen LogP contribution in [0.15, 0.2) is 54.7 Å². The third-order valence-corrected chi connectivity index (χ3v) is 6.18. The normalized spacial score (nSPS) is 16.5. The van der Waals surface area contributed by atoms with Crippen molar-refractivity contribution < 1.29 is 22.7 Å². The summed E-state index contributed by atoms with van der Waals surface area (Å²) in [5.74, 6) is 0.527. The minimum Gasteiger partial charge on any atom is -0.492 e. The van der Waals surface area contributed by atoms with Crippen LogP contribution in [0.25, 0.3) is 11.1 Å². The van der Waals surface area contributed by atoms with Gasteiger partial charge in [-0.2, -0.15) is 18.3 Å². The van der Waals surface area contributed by atoms with Crippen LogP contribution in [0.2, 0.25) is 0 Å². The molecule has 4 rings (SSSR count). The maximum absolute atomic E-state index is 13.5. The first-order chi connectivity index (χ1) is 16.7. The molecule has 9 heteroatoms. The summed E-state index contributed by atoms with van der Waals surface area (Å²) >= 11 is 0. The Hall–Kier alpha value is -3.33. The Morgan fingerprint density at radius 1 is 1.17 bits per heavy atom. The number of piperidine rings is 1. The van der Waals surface area contributed by atoms with E-state index in [9.17, 15) is 18.0 Å². The summed E-state index contributed by atoms with van der Waals surface area (Å²) < 4.78 is 44.8. The number of aromatic amines is 1. The number of hydrogen-bond donors (Lipinski definition) is 1. The molecule has 1 aromatic heterocycles. The number of likely N-dealkylation sites (tertiary alicyclic amines) is 1. The number of carbonyl (C=O) groups excluding carboxylic acids is 1. The summed E-state index contributed by atoms with van der Waals surface area (Å²) in [6.45, 7) is 1.86. The lowest BCUT2D eigenvalue weighted by Gasteiger charge is -2.36. The van der Waals surface area contributed by atoms with Gasteiger partial charge in [0.2, 0.25) is 0 Å². The third kappa shape index (κ3) is 5.85. The van der Waals surface area contributed by atoms with Gasteiger partial charge in [0.15, 0.2) is 0 Å². The maximum atomic E-state index is 13.5. The molecular weight excluding hydrogens is 457 g/mol. The Morgan fingerprint density at radius 3 is 2.66 bits per heavy atom. The van der Waals surface area contributed by atoms with Crippen molar-refractivity contribution in [2.24, 2.45) is 0 Å². The molecule has 0 spiro atoms. The zero-order valence-electron chi connectivity index (χ0n) is 19.8. The molecule has 1 N–H and O–H groups in total. The Kier molecular flexibility index (Phi) is 7.45. The highest BCUT2D eigenvalue weighted by Crippen LogP contribution is 2.38. The molecular formula is C26H29F3N4O2. The lowest BCUT2D eigenvalue weighted by Crippen LogP contribution is -2.38. The van der Waals surface area contributed by atoms with Crippen molar-refractivity contribution in [1.29, 1.82) is 0 Å². The molecule has 1 amide bonds. The van der Waals surface area contributed by atoms with Gasteiger partial charge in [0.1, 0.15) is 12.4 Å². The van der Waals surface area contributed by atoms with Gasteiger partial charge in [-0.15, -0.1) is 0 Å². The SMILES string of the molecule is CN(C)CCOc1cccc(C(=O)N2CCCCC2c2[nH]ncc2-c2ccc(C(F)(F)F)cc2)c1. The van der Waals surface area contributed by atoms with Crippen molar-refractivity contribution >= 4 is 5.91 Å². The Bertz CT molecular complexity index is 1140. The van der Waals surface area contributed by atoms with E-state index in [4.69, 9.17) is 4.74 Å². The second-order valence-corrected chi connectivity index (χ2v) is 8.96. The molecule has 1 atom stereocenters. The lowest BCUT2D eigenvalue weighted by molar-refractivity contribution is -0.137. The van der Waals surface area contributed by atoms with Crippen LogP contribution in [0, 0.1) is 0 Å².